The van der Waals surface area contributed by atoms with Crippen LogP contribution >= 0.6 is 0 Å². The molecule has 29 heavy (non-hydrogen) atoms. The van der Waals surface area contributed by atoms with E-state index < -0.39 is 23.4 Å². The summed E-state index contributed by atoms with van der Waals surface area (Å²) < 4.78 is 39.5. The van der Waals surface area contributed by atoms with Gasteiger partial charge in [-0.1, -0.05) is 29.8 Å². The summed E-state index contributed by atoms with van der Waals surface area (Å²) in [6.45, 7) is 1.94. The molecule has 3 aromatic rings. The van der Waals surface area contributed by atoms with Gasteiger partial charge >= 0.3 is 5.97 Å². The highest BCUT2D eigenvalue weighted by atomic mass is 19.1. The lowest BCUT2D eigenvalue weighted by Gasteiger charge is -2.11. The Hall–Kier alpha value is -3.41. The Morgan fingerprint density at radius 2 is 1.62 bits per heavy atom. The first-order chi connectivity index (χ1) is 13.9. The van der Waals surface area contributed by atoms with Crippen molar-refractivity contribution in [2.45, 2.75) is 26.4 Å². The normalized spacial score (nSPS) is 10.6. The number of aryl methyl sites for hydroxylation is 2. The number of carboxylic acid groups (broad SMARTS) is 1. The molecular formula is C23H20F2O4. The Morgan fingerprint density at radius 3 is 2.28 bits per heavy atom. The zero-order valence-corrected chi connectivity index (χ0v) is 15.8. The lowest BCUT2D eigenvalue weighted by molar-refractivity contribution is -0.136. The molecule has 0 fully saturated rings. The van der Waals surface area contributed by atoms with Crippen LogP contribution in [0.5, 0.6) is 17.2 Å². The van der Waals surface area contributed by atoms with Crippen LogP contribution in [0.2, 0.25) is 0 Å². The quantitative estimate of drug-likeness (QED) is 0.532. The largest absolute Gasteiger partial charge is 0.483 e. The van der Waals surface area contributed by atoms with Gasteiger partial charge in [-0.25, -0.2) is 8.78 Å². The molecule has 4 nitrogen and oxygen atoms in total. The summed E-state index contributed by atoms with van der Waals surface area (Å²) in [5.74, 6) is -1.98. The van der Waals surface area contributed by atoms with E-state index in [1.54, 1.807) is 24.3 Å². The number of benzene rings is 3. The number of carbonyl (C=O) groups is 1. The summed E-state index contributed by atoms with van der Waals surface area (Å²) >= 11 is 0. The van der Waals surface area contributed by atoms with Gasteiger partial charge < -0.3 is 14.6 Å². The molecule has 0 saturated heterocycles. The molecule has 3 aromatic carbocycles. The molecule has 150 valence electrons. The van der Waals surface area contributed by atoms with E-state index in [1.807, 2.05) is 31.2 Å². The van der Waals surface area contributed by atoms with Crippen LogP contribution in [0, 0.1) is 18.6 Å². The second-order valence-corrected chi connectivity index (χ2v) is 6.63. The minimum absolute atomic E-state index is 0.0435. The molecule has 6 heteroatoms. The highest BCUT2D eigenvalue weighted by Gasteiger charge is 2.14. The molecule has 0 radical (unpaired) electrons. The molecule has 0 amide bonds. The fourth-order valence-electron chi connectivity index (χ4n) is 2.74. The Kier molecular flexibility index (Phi) is 6.44. The third-order valence-corrected chi connectivity index (χ3v) is 4.22. The topological polar surface area (TPSA) is 55.8 Å². The zero-order valence-electron chi connectivity index (χ0n) is 15.8. The third-order valence-electron chi connectivity index (χ3n) is 4.22. The Balaban J connectivity index is 1.66. The van der Waals surface area contributed by atoms with Crippen molar-refractivity contribution in [1.82, 2.24) is 0 Å². The Bertz CT molecular complexity index is 977. The van der Waals surface area contributed by atoms with E-state index >= 15 is 0 Å². The highest BCUT2D eigenvalue weighted by Crippen LogP contribution is 2.27. The van der Waals surface area contributed by atoms with Crippen LogP contribution in [0.15, 0.2) is 60.7 Å². The first kappa shape index (κ1) is 20.3. The van der Waals surface area contributed by atoms with Crippen LogP contribution in [0.4, 0.5) is 8.78 Å². The minimum atomic E-state index is -1.03. The van der Waals surface area contributed by atoms with Gasteiger partial charge in [0.25, 0.3) is 0 Å². The predicted molar refractivity (Wildman–Crippen MR) is 104 cm³/mol. The van der Waals surface area contributed by atoms with E-state index in [0.29, 0.717) is 17.1 Å². The van der Waals surface area contributed by atoms with Crippen LogP contribution in [0.25, 0.3) is 0 Å². The van der Waals surface area contributed by atoms with Crippen molar-refractivity contribution in [2.24, 2.45) is 0 Å². The number of halogens is 2. The maximum absolute atomic E-state index is 14.2. The van der Waals surface area contributed by atoms with Crippen molar-refractivity contribution in [2.75, 3.05) is 0 Å². The van der Waals surface area contributed by atoms with Crippen LogP contribution in [-0.2, 0) is 17.8 Å². The van der Waals surface area contributed by atoms with Gasteiger partial charge in [0.2, 0.25) is 0 Å². The average Bonchev–Trinajstić information content (AvgIpc) is 2.68. The zero-order chi connectivity index (χ0) is 20.8. The molecule has 0 aliphatic carbocycles. The predicted octanol–water partition coefficient (Wildman–Crippen LogP) is 5.66. The monoisotopic (exact) mass is 398 g/mol. The lowest BCUT2D eigenvalue weighted by Crippen LogP contribution is -2.03. The number of hydrogen-bond acceptors (Lipinski definition) is 3. The third kappa shape index (κ3) is 5.78. The molecule has 3 rings (SSSR count). The van der Waals surface area contributed by atoms with Crippen LogP contribution in [0.1, 0.15) is 23.1 Å². The van der Waals surface area contributed by atoms with E-state index in [1.165, 1.54) is 0 Å². The average molecular weight is 398 g/mol. The van der Waals surface area contributed by atoms with Gasteiger partial charge in [-0.2, -0.15) is 0 Å². The van der Waals surface area contributed by atoms with Crippen LogP contribution in [-0.4, -0.2) is 11.1 Å². The van der Waals surface area contributed by atoms with Crippen molar-refractivity contribution >= 4 is 5.97 Å². The number of aliphatic carboxylic acids is 1. The Morgan fingerprint density at radius 1 is 0.931 bits per heavy atom. The molecule has 1 N–H and O–H groups in total. The number of rotatable bonds is 8. The van der Waals surface area contributed by atoms with Gasteiger partial charge in [-0.15, -0.1) is 0 Å². The molecule has 0 saturated carbocycles. The van der Waals surface area contributed by atoms with Gasteiger partial charge in [0.15, 0.2) is 17.4 Å². The number of hydrogen-bond donors (Lipinski definition) is 1. The van der Waals surface area contributed by atoms with Crippen molar-refractivity contribution < 1.29 is 28.2 Å². The Labute approximate surface area is 167 Å². The van der Waals surface area contributed by atoms with Gasteiger partial charge in [-0.3, -0.25) is 4.79 Å². The van der Waals surface area contributed by atoms with Crippen molar-refractivity contribution in [3.8, 4) is 17.2 Å². The van der Waals surface area contributed by atoms with E-state index in [0.717, 1.165) is 17.7 Å². The summed E-state index contributed by atoms with van der Waals surface area (Å²) in [4.78, 5) is 10.6. The van der Waals surface area contributed by atoms with Gasteiger partial charge in [0, 0.05) is 6.42 Å². The first-order valence-corrected chi connectivity index (χ1v) is 9.06. The van der Waals surface area contributed by atoms with Crippen molar-refractivity contribution in [1.29, 1.82) is 0 Å². The molecule has 0 bridgehead atoms. The van der Waals surface area contributed by atoms with Crippen molar-refractivity contribution in [3.63, 3.8) is 0 Å². The standard InChI is InChI=1S/C23H20F2O4/c1-15-5-8-18(9-6-15)29-19-4-2-3-17(11-19)14-28-23-20(24)12-16(13-21(23)25)7-10-22(26)27/h2-6,8-9,11-13H,7,10,14H2,1H3,(H,26,27). The molecule has 0 aliphatic heterocycles. The van der Waals surface area contributed by atoms with E-state index in [9.17, 15) is 13.6 Å². The fourth-order valence-corrected chi connectivity index (χ4v) is 2.74. The molecule has 0 heterocycles. The molecule has 0 aliphatic rings. The van der Waals surface area contributed by atoms with E-state index in [4.69, 9.17) is 14.6 Å². The first-order valence-electron chi connectivity index (χ1n) is 9.06. The van der Waals surface area contributed by atoms with Crippen molar-refractivity contribution in [3.05, 3.63) is 89.0 Å². The van der Waals surface area contributed by atoms with E-state index in [2.05, 4.69) is 0 Å². The maximum atomic E-state index is 14.2. The molecule has 0 unspecified atom stereocenters. The highest BCUT2D eigenvalue weighted by molar-refractivity contribution is 5.67. The minimum Gasteiger partial charge on any atom is -0.483 e. The van der Waals surface area contributed by atoms with Crippen LogP contribution < -0.4 is 9.47 Å². The van der Waals surface area contributed by atoms with Gasteiger partial charge in [0.1, 0.15) is 18.1 Å². The second kappa shape index (κ2) is 9.19. The summed E-state index contributed by atoms with van der Waals surface area (Å²) in [7, 11) is 0. The fraction of sp³-hybridized carbons (Fsp3) is 0.174. The SMILES string of the molecule is Cc1ccc(Oc2cccc(COc3c(F)cc(CCC(=O)O)cc3F)c2)cc1. The smallest absolute Gasteiger partial charge is 0.303 e. The van der Waals surface area contributed by atoms with Gasteiger partial charge in [0.05, 0.1) is 0 Å². The van der Waals surface area contributed by atoms with E-state index in [-0.39, 0.29) is 25.0 Å². The summed E-state index contributed by atoms with van der Waals surface area (Å²) in [6.07, 6.45) is -0.158. The second-order valence-electron chi connectivity index (χ2n) is 6.63. The molecule has 0 spiro atoms. The number of ether oxygens (including phenoxy) is 2. The van der Waals surface area contributed by atoms with Gasteiger partial charge in [-0.05, 0) is 60.9 Å². The molecule has 0 atom stereocenters. The number of carboxylic acids is 1. The lowest BCUT2D eigenvalue weighted by atomic mass is 10.1. The summed E-state index contributed by atoms with van der Waals surface area (Å²) in [5, 5.41) is 8.68. The summed E-state index contributed by atoms with van der Waals surface area (Å²) in [6, 6.07) is 16.8. The van der Waals surface area contributed by atoms with Crippen LogP contribution in [0.3, 0.4) is 0 Å². The summed E-state index contributed by atoms with van der Waals surface area (Å²) in [5.41, 5.74) is 2.07. The maximum Gasteiger partial charge on any atom is 0.303 e. The molecular weight excluding hydrogens is 378 g/mol. The molecule has 0 aromatic heterocycles.